The van der Waals surface area contributed by atoms with Crippen molar-refractivity contribution in [2.45, 2.75) is 51.9 Å². The summed E-state index contributed by atoms with van der Waals surface area (Å²) >= 11 is 0. The van der Waals surface area contributed by atoms with E-state index in [9.17, 15) is 0 Å². The highest BCUT2D eigenvalue weighted by molar-refractivity contribution is 4.95. The third-order valence-corrected chi connectivity index (χ3v) is 3.88. The van der Waals surface area contributed by atoms with Gasteiger partial charge in [-0.2, -0.15) is 0 Å². The first kappa shape index (κ1) is 9.30. The molecule has 1 saturated carbocycles. The number of rotatable bonds is 1. The van der Waals surface area contributed by atoms with Gasteiger partial charge in [0.2, 0.25) is 0 Å². The van der Waals surface area contributed by atoms with Crippen LogP contribution in [0.25, 0.3) is 0 Å². The third-order valence-electron chi connectivity index (χ3n) is 3.88. The molecule has 0 aromatic heterocycles. The Balaban J connectivity index is 1.91. The zero-order valence-corrected chi connectivity index (χ0v) is 8.84. The van der Waals surface area contributed by atoms with Gasteiger partial charge in [0.1, 0.15) is 0 Å². The molecule has 2 rings (SSSR count). The SMILES string of the molecule is CC1CCC(C2C=CCCCC2)C1. The Kier molecular flexibility index (Phi) is 3.08. The van der Waals surface area contributed by atoms with Crippen LogP contribution < -0.4 is 0 Å². The highest BCUT2D eigenvalue weighted by atomic mass is 14.3. The molecule has 0 nitrogen and oxygen atoms in total. The van der Waals surface area contributed by atoms with Gasteiger partial charge in [0.25, 0.3) is 0 Å². The maximum absolute atomic E-state index is 2.52. The Labute approximate surface area is 82.4 Å². The van der Waals surface area contributed by atoms with Crippen LogP contribution in [0.2, 0.25) is 0 Å². The molecule has 13 heavy (non-hydrogen) atoms. The van der Waals surface area contributed by atoms with E-state index in [2.05, 4.69) is 19.1 Å². The molecule has 0 spiro atoms. The molecule has 0 heteroatoms. The largest absolute Gasteiger partial charge is 0.0882 e. The quantitative estimate of drug-likeness (QED) is 0.529. The molecular formula is C13H22. The standard InChI is InChI=1S/C13H22/c1-11-8-9-13(10-11)12-6-4-2-3-5-7-12/h4,6,11-13H,2-3,5,7-10H2,1H3. The Morgan fingerprint density at radius 3 is 2.77 bits per heavy atom. The fourth-order valence-electron chi connectivity index (χ4n) is 3.04. The van der Waals surface area contributed by atoms with Crippen molar-refractivity contribution >= 4 is 0 Å². The van der Waals surface area contributed by atoms with Gasteiger partial charge in [0, 0.05) is 0 Å². The van der Waals surface area contributed by atoms with Gasteiger partial charge in [-0.25, -0.2) is 0 Å². The van der Waals surface area contributed by atoms with Crippen molar-refractivity contribution in [1.29, 1.82) is 0 Å². The first-order valence-electron chi connectivity index (χ1n) is 6.03. The van der Waals surface area contributed by atoms with E-state index in [1.54, 1.807) is 0 Å². The van der Waals surface area contributed by atoms with Crippen LogP contribution in [0.4, 0.5) is 0 Å². The predicted octanol–water partition coefficient (Wildman–Crippen LogP) is 4.17. The van der Waals surface area contributed by atoms with Crippen molar-refractivity contribution in [2.24, 2.45) is 17.8 Å². The molecule has 0 radical (unpaired) electrons. The highest BCUT2D eigenvalue weighted by Crippen LogP contribution is 2.38. The Hall–Kier alpha value is -0.260. The lowest BCUT2D eigenvalue weighted by Gasteiger charge is -2.18. The van der Waals surface area contributed by atoms with Gasteiger partial charge in [0.05, 0.1) is 0 Å². The number of hydrogen-bond acceptors (Lipinski definition) is 0. The van der Waals surface area contributed by atoms with E-state index in [0.29, 0.717) is 0 Å². The van der Waals surface area contributed by atoms with Crippen LogP contribution in [-0.2, 0) is 0 Å². The summed E-state index contributed by atoms with van der Waals surface area (Å²) in [6.45, 7) is 2.42. The molecule has 0 aromatic rings. The molecule has 2 aliphatic rings. The van der Waals surface area contributed by atoms with E-state index in [4.69, 9.17) is 0 Å². The summed E-state index contributed by atoms with van der Waals surface area (Å²) < 4.78 is 0. The molecule has 0 bridgehead atoms. The highest BCUT2D eigenvalue weighted by Gasteiger charge is 2.27. The van der Waals surface area contributed by atoms with Crippen LogP contribution in [0.3, 0.4) is 0 Å². The van der Waals surface area contributed by atoms with E-state index < -0.39 is 0 Å². The van der Waals surface area contributed by atoms with Crippen molar-refractivity contribution in [3.63, 3.8) is 0 Å². The Morgan fingerprint density at radius 1 is 1.08 bits per heavy atom. The van der Waals surface area contributed by atoms with Gasteiger partial charge in [-0.3, -0.25) is 0 Å². The maximum atomic E-state index is 2.52. The minimum Gasteiger partial charge on any atom is -0.0882 e. The summed E-state index contributed by atoms with van der Waals surface area (Å²) in [6, 6.07) is 0. The maximum Gasteiger partial charge on any atom is -0.0205 e. The molecule has 0 aromatic carbocycles. The van der Waals surface area contributed by atoms with Gasteiger partial charge in [0.15, 0.2) is 0 Å². The van der Waals surface area contributed by atoms with E-state index in [1.165, 1.54) is 44.9 Å². The van der Waals surface area contributed by atoms with Gasteiger partial charge in [-0.15, -0.1) is 0 Å². The van der Waals surface area contributed by atoms with Crippen LogP contribution in [-0.4, -0.2) is 0 Å². The topological polar surface area (TPSA) is 0 Å². The molecular weight excluding hydrogens is 156 g/mol. The van der Waals surface area contributed by atoms with Crippen molar-refractivity contribution in [2.75, 3.05) is 0 Å². The lowest BCUT2D eigenvalue weighted by atomic mass is 9.87. The second kappa shape index (κ2) is 4.30. The average molecular weight is 178 g/mol. The van der Waals surface area contributed by atoms with Gasteiger partial charge in [-0.1, -0.05) is 31.9 Å². The van der Waals surface area contributed by atoms with Crippen LogP contribution in [0.15, 0.2) is 12.2 Å². The second-order valence-electron chi connectivity index (χ2n) is 5.05. The fraction of sp³-hybridized carbons (Fsp3) is 0.846. The molecule has 2 aliphatic carbocycles. The lowest BCUT2D eigenvalue weighted by Crippen LogP contribution is -2.08. The fourth-order valence-corrected chi connectivity index (χ4v) is 3.04. The minimum absolute atomic E-state index is 0.937. The van der Waals surface area contributed by atoms with Gasteiger partial charge < -0.3 is 0 Å². The first-order valence-corrected chi connectivity index (χ1v) is 6.03. The second-order valence-corrected chi connectivity index (χ2v) is 5.05. The van der Waals surface area contributed by atoms with E-state index in [-0.39, 0.29) is 0 Å². The first-order chi connectivity index (χ1) is 6.36. The third kappa shape index (κ3) is 2.36. The molecule has 3 unspecified atom stereocenters. The lowest BCUT2D eigenvalue weighted by molar-refractivity contribution is 0.367. The van der Waals surface area contributed by atoms with E-state index in [1.807, 2.05) is 0 Å². The van der Waals surface area contributed by atoms with Crippen molar-refractivity contribution in [3.05, 3.63) is 12.2 Å². The van der Waals surface area contributed by atoms with Gasteiger partial charge >= 0.3 is 0 Å². The summed E-state index contributed by atoms with van der Waals surface area (Å²) in [7, 11) is 0. The van der Waals surface area contributed by atoms with Crippen LogP contribution >= 0.6 is 0 Å². The molecule has 0 amide bonds. The Morgan fingerprint density at radius 2 is 2.00 bits per heavy atom. The molecule has 1 fully saturated rings. The van der Waals surface area contributed by atoms with Gasteiger partial charge in [-0.05, 0) is 49.9 Å². The molecule has 3 atom stereocenters. The summed E-state index contributed by atoms with van der Waals surface area (Å²) in [6.07, 6.45) is 15.1. The van der Waals surface area contributed by atoms with Crippen LogP contribution in [0, 0.1) is 17.8 Å². The molecule has 74 valence electrons. The van der Waals surface area contributed by atoms with Crippen LogP contribution in [0.1, 0.15) is 51.9 Å². The summed E-state index contributed by atoms with van der Waals surface area (Å²) in [5, 5.41) is 0. The summed E-state index contributed by atoms with van der Waals surface area (Å²) in [4.78, 5) is 0. The normalized spacial score (nSPS) is 40.5. The number of allylic oxidation sites excluding steroid dienone is 2. The van der Waals surface area contributed by atoms with Crippen molar-refractivity contribution < 1.29 is 0 Å². The molecule has 0 saturated heterocycles. The van der Waals surface area contributed by atoms with E-state index >= 15 is 0 Å². The average Bonchev–Trinajstić information content (AvgIpc) is 2.43. The summed E-state index contributed by atoms with van der Waals surface area (Å²) in [5.41, 5.74) is 0. The monoisotopic (exact) mass is 178 g/mol. The molecule has 0 N–H and O–H groups in total. The van der Waals surface area contributed by atoms with Crippen LogP contribution in [0.5, 0.6) is 0 Å². The zero-order chi connectivity index (χ0) is 9.10. The molecule has 0 aliphatic heterocycles. The Bertz CT molecular complexity index is 180. The van der Waals surface area contributed by atoms with E-state index in [0.717, 1.165) is 17.8 Å². The van der Waals surface area contributed by atoms with Crippen molar-refractivity contribution in [3.8, 4) is 0 Å². The summed E-state index contributed by atoms with van der Waals surface area (Å²) in [5.74, 6) is 2.97. The smallest absolute Gasteiger partial charge is 0.0205 e. The predicted molar refractivity (Wildman–Crippen MR) is 57.6 cm³/mol. The minimum atomic E-state index is 0.937. The molecule has 0 heterocycles. The zero-order valence-electron chi connectivity index (χ0n) is 8.84. The van der Waals surface area contributed by atoms with Crippen molar-refractivity contribution in [1.82, 2.24) is 0 Å². The number of hydrogen-bond donors (Lipinski definition) is 0.